The van der Waals surface area contributed by atoms with Crippen molar-refractivity contribution in [2.75, 3.05) is 12.3 Å². The van der Waals surface area contributed by atoms with E-state index in [-0.39, 0.29) is 11.9 Å². The van der Waals surface area contributed by atoms with Crippen LogP contribution in [-0.4, -0.2) is 37.0 Å². The Morgan fingerprint density at radius 3 is 2.53 bits per heavy atom. The Morgan fingerprint density at radius 2 is 1.80 bits per heavy atom. The van der Waals surface area contributed by atoms with Crippen LogP contribution in [0.3, 0.4) is 0 Å². The largest absolute Gasteiger partial charge is 0.348 e. The van der Waals surface area contributed by atoms with Gasteiger partial charge < -0.3 is 5.32 Å². The van der Waals surface area contributed by atoms with Crippen molar-refractivity contribution < 1.29 is 13.2 Å². The highest BCUT2D eigenvalue weighted by Gasteiger charge is 2.41. The summed E-state index contributed by atoms with van der Waals surface area (Å²) in [6.07, 6.45) is 2.10. The van der Waals surface area contributed by atoms with E-state index in [9.17, 15) is 13.2 Å². The molecule has 2 atom stereocenters. The normalized spacial score (nSPS) is 22.0. The van der Waals surface area contributed by atoms with Gasteiger partial charge in [-0.25, -0.2) is 8.42 Å². The molecule has 30 heavy (non-hydrogen) atoms. The van der Waals surface area contributed by atoms with E-state index in [2.05, 4.69) is 17.4 Å². The van der Waals surface area contributed by atoms with Gasteiger partial charge in [0, 0.05) is 17.2 Å². The van der Waals surface area contributed by atoms with Crippen LogP contribution in [0.15, 0.2) is 46.2 Å². The third-order valence-corrected chi connectivity index (χ3v) is 9.29. The second kappa shape index (κ2) is 8.36. The van der Waals surface area contributed by atoms with E-state index in [1.807, 2.05) is 45.0 Å². The summed E-state index contributed by atoms with van der Waals surface area (Å²) in [5.74, 6) is 0.751. The maximum Gasteiger partial charge on any atom is 0.244 e. The summed E-state index contributed by atoms with van der Waals surface area (Å²) in [5.41, 5.74) is 3.63. The van der Waals surface area contributed by atoms with Gasteiger partial charge in [0.25, 0.3) is 0 Å². The van der Waals surface area contributed by atoms with Crippen molar-refractivity contribution in [1.82, 2.24) is 9.62 Å². The SMILES string of the molecule is Cc1cc(C)c(S(=O)(=O)N2CCC[C@H]2C(=O)N[C@H]2CCSc3ccccc32)c(C)c1. The van der Waals surface area contributed by atoms with Crippen molar-refractivity contribution in [3.8, 4) is 0 Å². The van der Waals surface area contributed by atoms with Crippen LogP contribution in [0, 0.1) is 20.8 Å². The van der Waals surface area contributed by atoms with Gasteiger partial charge in [0.05, 0.1) is 10.9 Å². The monoisotopic (exact) mass is 444 g/mol. The lowest BCUT2D eigenvalue weighted by Gasteiger charge is -2.29. The molecule has 2 aliphatic heterocycles. The summed E-state index contributed by atoms with van der Waals surface area (Å²) >= 11 is 1.80. The first-order valence-corrected chi connectivity index (χ1v) is 12.8. The van der Waals surface area contributed by atoms with E-state index < -0.39 is 16.1 Å². The minimum atomic E-state index is -3.74. The third-order valence-electron chi connectivity index (χ3n) is 5.95. The standard InChI is InChI=1S/C23H28N2O3S2/c1-15-13-16(2)22(17(3)14-15)30(27,28)25-11-6-8-20(25)23(26)24-19-10-12-29-21-9-5-4-7-18(19)21/h4-5,7,9,13-14,19-20H,6,8,10-12H2,1-3H3,(H,24,26)/t19-,20-/m0/s1. The smallest absolute Gasteiger partial charge is 0.244 e. The molecule has 2 aliphatic rings. The van der Waals surface area contributed by atoms with Crippen LogP contribution < -0.4 is 5.32 Å². The predicted octanol–water partition coefficient (Wildman–Crippen LogP) is 4.12. The van der Waals surface area contributed by atoms with Crippen LogP contribution in [0.1, 0.15) is 47.6 Å². The number of sulfonamides is 1. The predicted molar refractivity (Wildman–Crippen MR) is 120 cm³/mol. The fraction of sp³-hybridized carbons (Fsp3) is 0.435. The minimum absolute atomic E-state index is 0.0667. The molecule has 7 heteroatoms. The number of nitrogens with zero attached hydrogens (tertiary/aromatic N) is 1. The summed E-state index contributed by atoms with van der Waals surface area (Å²) in [6.45, 7) is 6.00. The van der Waals surface area contributed by atoms with Gasteiger partial charge in [-0.05, 0) is 62.8 Å². The van der Waals surface area contributed by atoms with Crippen LogP contribution in [-0.2, 0) is 14.8 Å². The number of rotatable bonds is 4. The van der Waals surface area contributed by atoms with Gasteiger partial charge in [-0.2, -0.15) is 4.31 Å². The highest BCUT2D eigenvalue weighted by atomic mass is 32.2. The molecule has 2 heterocycles. The molecule has 2 aromatic rings. The molecule has 160 valence electrons. The first-order chi connectivity index (χ1) is 14.3. The Balaban J connectivity index is 1.59. The summed E-state index contributed by atoms with van der Waals surface area (Å²) in [6, 6.07) is 11.2. The van der Waals surface area contributed by atoms with E-state index in [0.29, 0.717) is 24.3 Å². The molecular weight excluding hydrogens is 416 g/mol. The van der Waals surface area contributed by atoms with Crippen LogP contribution in [0.2, 0.25) is 0 Å². The molecule has 0 radical (unpaired) electrons. The van der Waals surface area contributed by atoms with E-state index in [4.69, 9.17) is 0 Å². The van der Waals surface area contributed by atoms with Crippen LogP contribution in [0.25, 0.3) is 0 Å². The van der Waals surface area contributed by atoms with Gasteiger partial charge in [0.1, 0.15) is 6.04 Å². The highest BCUT2D eigenvalue weighted by Crippen LogP contribution is 2.36. The number of hydrogen-bond donors (Lipinski definition) is 1. The van der Waals surface area contributed by atoms with Crippen molar-refractivity contribution in [3.63, 3.8) is 0 Å². The number of carbonyl (C=O) groups is 1. The molecular formula is C23H28N2O3S2. The quantitative estimate of drug-likeness (QED) is 0.770. The summed E-state index contributed by atoms with van der Waals surface area (Å²) in [4.78, 5) is 14.7. The number of aryl methyl sites for hydroxylation is 3. The van der Waals surface area contributed by atoms with Gasteiger partial charge in [0.15, 0.2) is 0 Å². The Hall–Kier alpha value is -1.83. The fourth-order valence-electron chi connectivity index (χ4n) is 4.74. The zero-order valence-electron chi connectivity index (χ0n) is 17.6. The summed E-state index contributed by atoms with van der Waals surface area (Å²) < 4.78 is 28.5. The van der Waals surface area contributed by atoms with Gasteiger partial charge in [-0.1, -0.05) is 35.9 Å². The van der Waals surface area contributed by atoms with E-state index in [1.54, 1.807) is 11.8 Å². The molecule has 1 N–H and O–H groups in total. The molecule has 0 aliphatic carbocycles. The Morgan fingerprint density at radius 1 is 1.10 bits per heavy atom. The van der Waals surface area contributed by atoms with Crippen LogP contribution in [0.5, 0.6) is 0 Å². The molecule has 2 aromatic carbocycles. The van der Waals surface area contributed by atoms with Crippen molar-refractivity contribution in [3.05, 3.63) is 58.7 Å². The van der Waals surface area contributed by atoms with Gasteiger partial charge in [-0.3, -0.25) is 4.79 Å². The zero-order valence-corrected chi connectivity index (χ0v) is 19.3. The molecule has 0 spiro atoms. The Labute approximate surface area is 183 Å². The van der Waals surface area contributed by atoms with Gasteiger partial charge >= 0.3 is 0 Å². The average Bonchev–Trinajstić information content (AvgIpc) is 3.18. The molecule has 1 saturated heterocycles. The minimum Gasteiger partial charge on any atom is -0.348 e. The van der Waals surface area contributed by atoms with Crippen LogP contribution in [0.4, 0.5) is 0 Å². The maximum absolute atomic E-state index is 13.5. The van der Waals surface area contributed by atoms with Crippen molar-refractivity contribution in [2.45, 2.75) is 61.9 Å². The zero-order chi connectivity index (χ0) is 21.5. The first-order valence-electron chi connectivity index (χ1n) is 10.4. The summed E-state index contributed by atoms with van der Waals surface area (Å²) in [5, 5.41) is 3.15. The average molecular weight is 445 g/mol. The van der Waals surface area contributed by atoms with E-state index in [1.165, 1.54) is 9.20 Å². The molecule has 5 nitrogen and oxygen atoms in total. The number of fused-ring (bicyclic) bond motifs is 1. The molecule has 4 rings (SSSR count). The maximum atomic E-state index is 13.5. The lowest BCUT2D eigenvalue weighted by atomic mass is 10.0. The molecule has 0 bridgehead atoms. The van der Waals surface area contributed by atoms with E-state index in [0.717, 1.165) is 34.4 Å². The van der Waals surface area contributed by atoms with Crippen molar-refractivity contribution in [1.29, 1.82) is 0 Å². The third kappa shape index (κ3) is 3.90. The number of nitrogens with one attached hydrogen (secondary N) is 1. The number of amides is 1. The number of thioether (sulfide) groups is 1. The van der Waals surface area contributed by atoms with Gasteiger partial charge in [0.2, 0.25) is 15.9 Å². The highest BCUT2D eigenvalue weighted by molar-refractivity contribution is 7.99. The molecule has 0 unspecified atom stereocenters. The van der Waals surface area contributed by atoms with Gasteiger partial charge in [-0.15, -0.1) is 11.8 Å². The van der Waals surface area contributed by atoms with Crippen molar-refractivity contribution >= 4 is 27.7 Å². The van der Waals surface area contributed by atoms with Crippen molar-refractivity contribution in [2.24, 2.45) is 0 Å². The number of benzene rings is 2. The first kappa shape index (κ1) is 21.4. The molecule has 1 fully saturated rings. The fourth-order valence-corrected chi connectivity index (χ4v) is 7.94. The summed E-state index contributed by atoms with van der Waals surface area (Å²) in [7, 11) is -3.74. The topological polar surface area (TPSA) is 66.5 Å². The lowest BCUT2D eigenvalue weighted by molar-refractivity contribution is -0.125. The second-order valence-electron chi connectivity index (χ2n) is 8.24. The number of carbonyl (C=O) groups excluding carboxylic acids is 1. The molecule has 0 saturated carbocycles. The Kier molecular flexibility index (Phi) is 5.97. The molecule has 0 aromatic heterocycles. The van der Waals surface area contributed by atoms with E-state index >= 15 is 0 Å². The van der Waals surface area contributed by atoms with Crippen LogP contribution >= 0.6 is 11.8 Å². The number of hydrogen-bond acceptors (Lipinski definition) is 4. The Bertz CT molecular complexity index is 1060. The lowest BCUT2D eigenvalue weighted by Crippen LogP contribution is -2.47. The molecule has 1 amide bonds. The second-order valence-corrected chi connectivity index (χ2v) is 11.2.